The molecule has 0 atom stereocenters. The molecule has 0 aliphatic carbocycles. The first-order valence-corrected chi connectivity index (χ1v) is 13.0. The molecule has 2 heterocycles. The van der Waals surface area contributed by atoms with Crippen LogP contribution in [0.1, 0.15) is 34.0 Å². The van der Waals surface area contributed by atoms with Gasteiger partial charge in [-0.2, -0.15) is 5.10 Å². The van der Waals surface area contributed by atoms with Crippen LogP contribution in [0.2, 0.25) is 0 Å². The van der Waals surface area contributed by atoms with Gasteiger partial charge >= 0.3 is 0 Å². The van der Waals surface area contributed by atoms with Crippen LogP contribution in [-0.4, -0.2) is 67.1 Å². The fourth-order valence-electron chi connectivity index (χ4n) is 5.07. The average Bonchev–Trinajstić information content (AvgIpc) is 3.35. The van der Waals surface area contributed by atoms with Crippen LogP contribution in [0.5, 0.6) is 5.75 Å². The minimum absolute atomic E-state index is 0.164. The number of ether oxygens (including phenoxy) is 2. The van der Waals surface area contributed by atoms with Gasteiger partial charge in [0.1, 0.15) is 11.3 Å². The Morgan fingerprint density at radius 3 is 2.27 bits per heavy atom. The number of carbonyl (C=O) groups excluding carboxylic acids is 1. The zero-order valence-corrected chi connectivity index (χ0v) is 21.3. The average molecular weight is 499 g/mol. The topological polar surface area (TPSA) is 68.6 Å². The Bertz CT molecular complexity index is 1260. The summed E-state index contributed by atoms with van der Waals surface area (Å²) in [5.41, 5.74) is 3.78. The maximum Gasteiger partial charge on any atom is 0.272 e. The number of nitrogens with zero attached hydrogens (tertiary/aromatic N) is 3. The second-order valence-electron chi connectivity index (χ2n) is 9.30. The number of benzene rings is 3. The van der Waals surface area contributed by atoms with E-state index in [0.717, 1.165) is 55.9 Å². The van der Waals surface area contributed by atoms with Crippen LogP contribution in [0.25, 0.3) is 10.9 Å². The first-order valence-electron chi connectivity index (χ1n) is 13.0. The minimum atomic E-state index is -0.164. The number of aromatic nitrogens is 2. The smallest absolute Gasteiger partial charge is 0.272 e. The zero-order chi connectivity index (χ0) is 25.5. The van der Waals surface area contributed by atoms with Crippen LogP contribution in [0.3, 0.4) is 0 Å². The standard InChI is InChI=1S/C30H34N4O3/c1-36-27-14-8-13-26-28(32-34(29(26)27)18-17-33-19-21-37-22-20-33)30(35)31-16-15-25(23-9-4-2-5-10-23)24-11-6-3-7-12-24/h2-14,25H,15-22H2,1H3,(H,31,35). The number of morpholine rings is 1. The van der Waals surface area contributed by atoms with Gasteiger partial charge in [-0.05, 0) is 23.6 Å². The number of para-hydroxylation sites is 1. The third-order valence-electron chi connectivity index (χ3n) is 7.02. The van der Waals surface area contributed by atoms with Crippen molar-refractivity contribution in [2.24, 2.45) is 0 Å². The van der Waals surface area contributed by atoms with Crippen molar-refractivity contribution in [3.63, 3.8) is 0 Å². The van der Waals surface area contributed by atoms with Crippen molar-refractivity contribution < 1.29 is 14.3 Å². The van der Waals surface area contributed by atoms with E-state index in [2.05, 4.69) is 58.7 Å². The Balaban J connectivity index is 1.32. The maximum absolute atomic E-state index is 13.4. The summed E-state index contributed by atoms with van der Waals surface area (Å²) in [7, 11) is 1.65. The van der Waals surface area contributed by atoms with E-state index < -0.39 is 0 Å². The number of amides is 1. The largest absolute Gasteiger partial charge is 0.494 e. The van der Waals surface area contributed by atoms with Gasteiger partial charge in [-0.15, -0.1) is 0 Å². The van der Waals surface area contributed by atoms with Crippen molar-refractivity contribution in [1.82, 2.24) is 20.0 Å². The third kappa shape index (κ3) is 5.84. The molecule has 0 bridgehead atoms. The Morgan fingerprint density at radius 1 is 0.946 bits per heavy atom. The van der Waals surface area contributed by atoms with Gasteiger partial charge in [0.15, 0.2) is 5.69 Å². The minimum Gasteiger partial charge on any atom is -0.494 e. The van der Waals surface area contributed by atoms with Crippen molar-refractivity contribution in [2.45, 2.75) is 18.9 Å². The molecular weight excluding hydrogens is 464 g/mol. The van der Waals surface area contributed by atoms with Crippen LogP contribution < -0.4 is 10.1 Å². The molecule has 1 aromatic heterocycles. The molecule has 0 spiro atoms. The fraction of sp³-hybridized carbons (Fsp3) is 0.333. The highest BCUT2D eigenvalue weighted by molar-refractivity contribution is 6.06. The molecule has 192 valence electrons. The van der Waals surface area contributed by atoms with Gasteiger partial charge in [0.25, 0.3) is 5.91 Å². The highest BCUT2D eigenvalue weighted by Gasteiger charge is 2.21. The van der Waals surface area contributed by atoms with E-state index in [0.29, 0.717) is 18.8 Å². The van der Waals surface area contributed by atoms with Crippen molar-refractivity contribution >= 4 is 16.8 Å². The first-order chi connectivity index (χ1) is 18.2. The van der Waals surface area contributed by atoms with E-state index >= 15 is 0 Å². The number of hydrogen-bond acceptors (Lipinski definition) is 5. The monoisotopic (exact) mass is 498 g/mol. The van der Waals surface area contributed by atoms with E-state index in [9.17, 15) is 4.79 Å². The maximum atomic E-state index is 13.4. The second-order valence-corrected chi connectivity index (χ2v) is 9.30. The van der Waals surface area contributed by atoms with Gasteiger partial charge in [0, 0.05) is 37.5 Å². The van der Waals surface area contributed by atoms with Crippen LogP contribution in [-0.2, 0) is 11.3 Å². The lowest BCUT2D eigenvalue weighted by molar-refractivity contribution is 0.0361. The van der Waals surface area contributed by atoms with Gasteiger partial charge in [0.05, 0.1) is 26.9 Å². The quantitative estimate of drug-likeness (QED) is 0.353. The Labute approximate surface area is 218 Å². The molecule has 1 N–H and O–H groups in total. The van der Waals surface area contributed by atoms with Gasteiger partial charge in [-0.1, -0.05) is 72.8 Å². The Kier molecular flexibility index (Phi) is 8.13. The van der Waals surface area contributed by atoms with Crippen molar-refractivity contribution in [2.75, 3.05) is 46.5 Å². The molecule has 37 heavy (non-hydrogen) atoms. The summed E-state index contributed by atoms with van der Waals surface area (Å²) in [5.74, 6) is 0.758. The molecule has 7 nitrogen and oxygen atoms in total. The van der Waals surface area contributed by atoms with Gasteiger partial charge in [-0.25, -0.2) is 0 Å². The summed E-state index contributed by atoms with van der Waals surface area (Å²) in [6.45, 7) is 5.39. The lowest BCUT2D eigenvalue weighted by Gasteiger charge is -2.26. The summed E-state index contributed by atoms with van der Waals surface area (Å²) >= 11 is 0. The van der Waals surface area contributed by atoms with Crippen LogP contribution >= 0.6 is 0 Å². The summed E-state index contributed by atoms with van der Waals surface area (Å²) in [4.78, 5) is 15.7. The molecular formula is C30H34N4O3. The van der Waals surface area contributed by atoms with E-state index in [4.69, 9.17) is 14.6 Å². The molecule has 1 fully saturated rings. The fourth-order valence-corrected chi connectivity index (χ4v) is 5.07. The molecule has 0 unspecified atom stereocenters. The summed E-state index contributed by atoms with van der Waals surface area (Å²) in [6, 6.07) is 26.7. The van der Waals surface area contributed by atoms with E-state index in [-0.39, 0.29) is 11.8 Å². The molecule has 5 rings (SSSR count). The van der Waals surface area contributed by atoms with Gasteiger partial charge < -0.3 is 14.8 Å². The van der Waals surface area contributed by atoms with Gasteiger partial charge in [0.2, 0.25) is 0 Å². The molecule has 1 aliphatic rings. The van der Waals surface area contributed by atoms with Crippen molar-refractivity contribution in [1.29, 1.82) is 0 Å². The molecule has 0 radical (unpaired) electrons. The number of methoxy groups -OCH3 is 1. The molecule has 1 aliphatic heterocycles. The van der Waals surface area contributed by atoms with Crippen molar-refractivity contribution in [3.05, 3.63) is 95.7 Å². The Hall–Kier alpha value is -3.68. The second kappa shape index (κ2) is 12.0. The molecule has 4 aromatic rings. The highest BCUT2D eigenvalue weighted by Crippen LogP contribution is 2.29. The highest BCUT2D eigenvalue weighted by atomic mass is 16.5. The molecule has 1 saturated heterocycles. The summed E-state index contributed by atoms with van der Waals surface area (Å²) < 4.78 is 13.0. The number of nitrogens with one attached hydrogen (secondary N) is 1. The summed E-state index contributed by atoms with van der Waals surface area (Å²) in [5, 5.41) is 8.70. The van der Waals surface area contributed by atoms with Crippen molar-refractivity contribution in [3.8, 4) is 5.75 Å². The molecule has 3 aromatic carbocycles. The Morgan fingerprint density at radius 2 is 1.62 bits per heavy atom. The van der Waals surface area contributed by atoms with Crippen LogP contribution in [0.4, 0.5) is 0 Å². The number of fused-ring (bicyclic) bond motifs is 1. The predicted molar refractivity (Wildman–Crippen MR) is 145 cm³/mol. The lowest BCUT2D eigenvalue weighted by atomic mass is 9.88. The zero-order valence-electron chi connectivity index (χ0n) is 21.3. The molecule has 1 amide bonds. The van der Waals surface area contributed by atoms with Crippen LogP contribution in [0, 0.1) is 0 Å². The molecule has 0 saturated carbocycles. The summed E-state index contributed by atoms with van der Waals surface area (Å²) in [6.07, 6.45) is 0.790. The third-order valence-corrected chi connectivity index (χ3v) is 7.02. The SMILES string of the molecule is COc1cccc2c(C(=O)NCCC(c3ccccc3)c3ccccc3)nn(CCN3CCOCC3)c12. The van der Waals surface area contributed by atoms with Crippen LogP contribution in [0.15, 0.2) is 78.9 Å². The van der Waals surface area contributed by atoms with Gasteiger partial charge in [-0.3, -0.25) is 14.4 Å². The normalized spacial score (nSPS) is 14.2. The van der Waals surface area contributed by atoms with E-state index in [1.165, 1.54) is 11.1 Å². The predicted octanol–water partition coefficient (Wildman–Crippen LogP) is 4.33. The molecule has 7 heteroatoms. The van der Waals surface area contributed by atoms with E-state index in [1.807, 2.05) is 35.0 Å². The lowest BCUT2D eigenvalue weighted by Crippen LogP contribution is -2.38. The van der Waals surface area contributed by atoms with E-state index in [1.54, 1.807) is 7.11 Å². The number of hydrogen-bond donors (Lipinski definition) is 1. The first kappa shape index (κ1) is 25.0. The number of rotatable bonds is 10. The number of carbonyl (C=O) groups is 1.